The SMILES string of the molecule is CC1(C)c2ccccc2-c2ccc(N(c3cccc(C4(c5ccccc5)c5ccccc5C5(c6ccccc6)c6ccccc6-c6cccc4c65)c3)c3ccc4c(c3)c3ccccc3n4-c3ccccc3)cc21. The van der Waals surface area contributed by atoms with E-state index in [0.717, 1.165) is 22.7 Å². The lowest BCUT2D eigenvalue weighted by atomic mass is 9.51. The second kappa shape index (κ2) is 15.5. The summed E-state index contributed by atoms with van der Waals surface area (Å²) in [6.45, 7) is 4.76. The molecule has 0 radical (unpaired) electrons. The fourth-order valence-electron chi connectivity index (χ4n) is 14.0. The number of anilines is 3. The number of benzene rings is 11. The highest BCUT2D eigenvalue weighted by Gasteiger charge is 2.57. The first-order valence-corrected chi connectivity index (χ1v) is 25.7. The largest absolute Gasteiger partial charge is 0.310 e. The van der Waals surface area contributed by atoms with E-state index < -0.39 is 10.8 Å². The molecule has 15 rings (SSSR count). The van der Waals surface area contributed by atoms with Crippen molar-refractivity contribution in [3.05, 3.63) is 323 Å². The van der Waals surface area contributed by atoms with Crippen molar-refractivity contribution in [3.63, 3.8) is 0 Å². The summed E-state index contributed by atoms with van der Waals surface area (Å²) in [7, 11) is 0. The first kappa shape index (κ1) is 41.8. The molecule has 0 bridgehead atoms. The molecule has 1 heterocycles. The molecule has 0 fully saturated rings. The zero-order valence-corrected chi connectivity index (χ0v) is 40.8. The van der Waals surface area contributed by atoms with Gasteiger partial charge in [-0.25, -0.2) is 0 Å². The number of nitrogens with zero attached hydrogens (tertiary/aromatic N) is 2. The Morgan fingerprint density at radius 3 is 1.55 bits per heavy atom. The van der Waals surface area contributed by atoms with Crippen LogP contribution >= 0.6 is 0 Å². The third-order valence-electron chi connectivity index (χ3n) is 16.9. The predicted octanol–water partition coefficient (Wildman–Crippen LogP) is 17.6. The minimum Gasteiger partial charge on any atom is -0.310 e. The smallest absolute Gasteiger partial charge is 0.0720 e. The summed E-state index contributed by atoms with van der Waals surface area (Å²) in [5.74, 6) is 0. The van der Waals surface area contributed by atoms with Gasteiger partial charge in [0, 0.05) is 38.9 Å². The standard InChI is InChI=1S/C71H50N2/c1-69(2)60-34-15-12-30-54(60)56-42-40-53(46-65(56)69)72(52-41-43-67-59(45-52)57-32-14-19-39-66(57)73(67)50-27-10-5-11-28-50)51-29-20-26-49(44-51)70(47-22-6-3-7-23-47)62-36-17-18-37-63(62)71(48-24-8-4-9-25-48)61-35-16-13-31-55(61)58-33-21-38-64(70)68(58)71/h3-46H,1-2H3. The van der Waals surface area contributed by atoms with Crippen LogP contribution in [0.2, 0.25) is 0 Å². The molecule has 12 aromatic rings. The molecule has 344 valence electrons. The van der Waals surface area contributed by atoms with Gasteiger partial charge in [0.2, 0.25) is 0 Å². The zero-order valence-electron chi connectivity index (χ0n) is 40.8. The number of hydrogen-bond acceptors (Lipinski definition) is 1. The van der Waals surface area contributed by atoms with Crippen molar-refractivity contribution < 1.29 is 0 Å². The Kier molecular flexibility index (Phi) is 8.87. The quantitative estimate of drug-likeness (QED) is 0.155. The van der Waals surface area contributed by atoms with Crippen molar-refractivity contribution in [2.75, 3.05) is 4.90 Å². The molecule has 1 aromatic heterocycles. The number of para-hydroxylation sites is 2. The topological polar surface area (TPSA) is 8.17 Å². The summed E-state index contributed by atoms with van der Waals surface area (Å²) in [5.41, 5.74) is 23.8. The fraction of sp³-hybridized carbons (Fsp3) is 0.0704. The van der Waals surface area contributed by atoms with E-state index in [0.29, 0.717) is 0 Å². The summed E-state index contributed by atoms with van der Waals surface area (Å²) < 4.78 is 2.41. The van der Waals surface area contributed by atoms with Crippen LogP contribution < -0.4 is 4.90 Å². The lowest BCUT2D eigenvalue weighted by Gasteiger charge is -2.49. The molecule has 0 saturated carbocycles. The van der Waals surface area contributed by atoms with Crippen LogP contribution in [-0.2, 0) is 16.2 Å². The maximum absolute atomic E-state index is 2.52. The van der Waals surface area contributed by atoms with Gasteiger partial charge in [-0.2, -0.15) is 0 Å². The molecule has 73 heavy (non-hydrogen) atoms. The highest BCUT2D eigenvalue weighted by molar-refractivity contribution is 6.11. The minimum atomic E-state index is -0.695. The average molecular weight is 931 g/mol. The maximum Gasteiger partial charge on any atom is 0.0720 e. The Hall–Kier alpha value is -8.98. The van der Waals surface area contributed by atoms with Crippen LogP contribution in [0.1, 0.15) is 69.5 Å². The normalized spacial score (nSPS) is 17.4. The Balaban J connectivity index is 1.02. The van der Waals surface area contributed by atoms with Crippen molar-refractivity contribution in [3.8, 4) is 27.9 Å². The van der Waals surface area contributed by atoms with Gasteiger partial charge in [-0.1, -0.05) is 220 Å². The van der Waals surface area contributed by atoms with Crippen LogP contribution in [0.5, 0.6) is 0 Å². The van der Waals surface area contributed by atoms with Crippen molar-refractivity contribution in [2.45, 2.75) is 30.1 Å². The van der Waals surface area contributed by atoms with Gasteiger partial charge < -0.3 is 9.47 Å². The molecular formula is C71H50N2. The molecule has 11 aromatic carbocycles. The second-order valence-corrected chi connectivity index (χ2v) is 20.7. The van der Waals surface area contributed by atoms with E-state index in [1.165, 1.54) is 99.7 Å². The highest BCUT2D eigenvalue weighted by Crippen LogP contribution is 2.66. The molecule has 2 heteroatoms. The van der Waals surface area contributed by atoms with E-state index in [-0.39, 0.29) is 5.41 Å². The van der Waals surface area contributed by atoms with E-state index in [1.54, 1.807) is 0 Å². The molecular weight excluding hydrogens is 881 g/mol. The minimum absolute atomic E-state index is 0.178. The summed E-state index contributed by atoms with van der Waals surface area (Å²) in [6.07, 6.45) is 0. The third-order valence-corrected chi connectivity index (χ3v) is 16.9. The van der Waals surface area contributed by atoms with Crippen LogP contribution in [0.4, 0.5) is 17.1 Å². The van der Waals surface area contributed by atoms with Crippen LogP contribution in [0.3, 0.4) is 0 Å². The van der Waals surface area contributed by atoms with E-state index in [1.807, 2.05) is 0 Å². The Bertz CT molecular complexity index is 4180. The van der Waals surface area contributed by atoms with Gasteiger partial charge in [-0.3, -0.25) is 0 Å². The van der Waals surface area contributed by atoms with Gasteiger partial charge in [0.05, 0.1) is 21.9 Å². The summed E-state index contributed by atoms with van der Waals surface area (Å²) >= 11 is 0. The fourth-order valence-corrected chi connectivity index (χ4v) is 14.0. The van der Waals surface area contributed by atoms with Gasteiger partial charge in [-0.15, -0.1) is 0 Å². The predicted molar refractivity (Wildman–Crippen MR) is 302 cm³/mol. The molecule has 0 saturated heterocycles. The Morgan fingerprint density at radius 2 is 0.795 bits per heavy atom. The van der Waals surface area contributed by atoms with Crippen LogP contribution in [0.25, 0.3) is 49.7 Å². The van der Waals surface area contributed by atoms with Gasteiger partial charge in [0.15, 0.2) is 0 Å². The van der Waals surface area contributed by atoms with Gasteiger partial charge >= 0.3 is 0 Å². The molecule has 3 aliphatic rings. The number of hydrogen-bond donors (Lipinski definition) is 0. The molecule has 0 aliphatic heterocycles. The van der Waals surface area contributed by atoms with Crippen molar-refractivity contribution in [1.82, 2.24) is 4.57 Å². The number of rotatable bonds is 7. The molecule has 2 nitrogen and oxygen atoms in total. The monoisotopic (exact) mass is 930 g/mol. The summed E-state index contributed by atoms with van der Waals surface area (Å²) in [4.78, 5) is 2.52. The molecule has 3 aliphatic carbocycles. The van der Waals surface area contributed by atoms with E-state index >= 15 is 0 Å². The average Bonchev–Trinajstić information content (AvgIpc) is 4.17. The van der Waals surface area contributed by atoms with E-state index in [4.69, 9.17) is 0 Å². The number of aromatic nitrogens is 1. The Labute approximate surface area is 426 Å². The van der Waals surface area contributed by atoms with Crippen molar-refractivity contribution in [2.24, 2.45) is 0 Å². The van der Waals surface area contributed by atoms with Crippen LogP contribution in [-0.4, -0.2) is 4.57 Å². The number of fused-ring (bicyclic) bond motifs is 11. The summed E-state index contributed by atoms with van der Waals surface area (Å²) in [5, 5.41) is 2.44. The molecule has 0 amide bonds. The van der Waals surface area contributed by atoms with Crippen LogP contribution in [0, 0.1) is 0 Å². The maximum atomic E-state index is 2.52. The molecule has 2 atom stereocenters. The molecule has 0 spiro atoms. The van der Waals surface area contributed by atoms with Crippen LogP contribution in [0.15, 0.2) is 267 Å². The Morgan fingerprint density at radius 1 is 0.301 bits per heavy atom. The van der Waals surface area contributed by atoms with E-state index in [2.05, 4.69) is 290 Å². The first-order chi connectivity index (χ1) is 36.0. The lowest BCUT2D eigenvalue weighted by Crippen LogP contribution is -2.44. The third kappa shape index (κ3) is 5.58. The van der Waals surface area contributed by atoms with E-state index in [9.17, 15) is 0 Å². The lowest BCUT2D eigenvalue weighted by molar-refractivity contribution is 0.627. The van der Waals surface area contributed by atoms with Crippen molar-refractivity contribution >= 4 is 38.9 Å². The molecule has 2 unspecified atom stereocenters. The summed E-state index contributed by atoms with van der Waals surface area (Å²) in [6, 6.07) is 101. The highest BCUT2D eigenvalue weighted by atomic mass is 15.1. The van der Waals surface area contributed by atoms with Crippen molar-refractivity contribution in [1.29, 1.82) is 0 Å². The zero-order chi connectivity index (χ0) is 48.5. The second-order valence-electron chi connectivity index (χ2n) is 20.7. The molecule has 0 N–H and O–H groups in total. The van der Waals surface area contributed by atoms with Gasteiger partial charge in [0.1, 0.15) is 0 Å². The van der Waals surface area contributed by atoms with Gasteiger partial charge in [0.25, 0.3) is 0 Å². The first-order valence-electron chi connectivity index (χ1n) is 25.7. The van der Waals surface area contributed by atoms with Gasteiger partial charge in [-0.05, 0) is 139 Å².